The first-order valence-corrected chi connectivity index (χ1v) is 10.5. The summed E-state index contributed by atoms with van der Waals surface area (Å²) < 4.78 is 0. The van der Waals surface area contributed by atoms with E-state index < -0.39 is 12.1 Å². The molecule has 3 N–H and O–H groups in total. The Hall–Kier alpha value is -2.25. The van der Waals surface area contributed by atoms with Crippen molar-refractivity contribution in [1.29, 1.82) is 0 Å². The van der Waals surface area contributed by atoms with Gasteiger partial charge < -0.3 is 16.0 Å². The summed E-state index contributed by atoms with van der Waals surface area (Å²) in [5.41, 5.74) is 9.74. The first kappa shape index (κ1) is 20.5. The largest absolute Gasteiger partial charge is 0.350 e. The highest BCUT2D eigenvalue weighted by Crippen LogP contribution is 2.25. The van der Waals surface area contributed by atoms with E-state index in [0.29, 0.717) is 19.5 Å². The molecule has 0 spiro atoms. The van der Waals surface area contributed by atoms with E-state index in [1.165, 1.54) is 0 Å². The molecule has 28 heavy (non-hydrogen) atoms. The lowest BCUT2D eigenvalue weighted by Gasteiger charge is -2.32. The van der Waals surface area contributed by atoms with Gasteiger partial charge in [0.1, 0.15) is 6.04 Å². The van der Waals surface area contributed by atoms with Crippen LogP contribution in [0.3, 0.4) is 0 Å². The van der Waals surface area contributed by atoms with Crippen LogP contribution in [0.5, 0.6) is 0 Å². The molecule has 1 aliphatic heterocycles. The van der Waals surface area contributed by atoms with Crippen LogP contribution in [0.4, 0.5) is 0 Å². The van der Waals surface area contributed by atoms with Gasteiger partial charge in [0, 0.05) is 19.3 Å². The third kappa shape index (κ3) is 4.59. The van der Waals surface area contributed by atoms with Crippen LogP contribution in [-0.4, -0.2) is 40.3 Å². The number of hydrogen-bond donors (Lipinski definition) is 2. The van der Waals surface area contributed by atoms with E-state index in [1.807, 2.05) is 56.7 Å². The Kier molecular flexibility index (Phi) is 6.15. The number of benzene rings is 1. The van der Waals surface area contributed by atoms with Crippen molar-refractivity contribution in [2.24, 2.45) is 11.1 Å². The van der Waals surface area contributed by atoms with Crippen molar-refractivity contribution in [3.63, 3.8) is 0 Å². The number of aromatic nitrogens is 1. The lowest BCUT2D eigenvalue weighted by atomic mass is 9.86. The molecule has 2 amide bonds. The van der Waals surface area contributed by atoms with Crippen LogP contribution in [0.25, 0.3) is 10.4 Å². The number of likely N-dealkylation sites (tertiary alicyclic amines) is 1. The van der Waals surface area contributed by atoms with Crippen LogP contribution in [0.2, 0.25) is 0 Å². The summed E-state index contributed by atoms with van der Waals surface area (Å²) in [6.07, 6.45) is 3.35. The fourth-order valence-corrected chi connectivity index (χ4v) is 3.93. The Morgan fingerprint density at radius 2 is 2.04 bits per heavy atom. The highest BCUT2D eigenvalue weighted by molar-refractivity contribution is 7.13. The smallest absolute Gasteiger partial charge is 0.243 e. The fraction of sp³-hybridized carbons (Fsp3) is 0.476. The van der Waals surface area contributed by atoms with Gasteiger partial charge in [0.2, 0.25) is 11.8 Å². The molecule has 1 saturated heterocycles. The maximum Gasteiger partial charge on any atom is 0.243 e. The molecule has 0 aliphatic carbocycles. The molecule has 0 saturated carbocycles. The highest BCUT2D eigenvalue weighted by Gasteiger charge is 2.39. The van der Waals surface area contributed by atoms with Crippen LogP contribution in [-0.2, 0) is 16.1 Å². The minimum absolute atomic E-state index is 0.113. The molecular weight excluding hydrogens is 372 g/mol. The number of rotatable bonds is 5. The Bertz CT molecular complexity index is 812. The highest BCUT2D eigenvalue weighted by atomic mass is 32.1. The molecule has 7 heteroatoms. The van der Waals surface area contributed by atoms with E-state index in [4.69, 9.17) is 5.73 Å². The average Bonchev–Trinajstić information content (AvgIpc) is 3.36. The predicted molar refractivity (Wildman–Crippen MR) is 112 cm³/mol. The number of hydrogen-bond acceptors (Lipinski definition) is 5. The Morgan fingerprint density at radius 3 is 2.64 bits per heavy atom. The van der Waals surface area contributed by atoms with E-state index >= 15 is 0 Å². The standard InChI is InChI=1S/C21H28N4O2S/c1-21(2,3)18(22)20(27)25-10-4-5-16(25)19(26)24-11-14-6-8-15(9-7-14)17-12-23-13-28-17/h6-9,12-13,16,18H,4-5,10-11,22H2,1-3H3,(H,24,26). The summed E-state index contributed by atoms with van der Waals surface area (Å²) in [5.74, 6) is -0.252. The van der Waals surface area contributed by atoms with E-state index in [9.17, 15) is 9.59 Å². The number of carbonyl (C=O) groups is 2. The van der Waals surface area contributed by atoms with E-state index in [1.54, 1.807) is 16.2 Å². The molecule has 2 heterocycles. The van der Waals surface area contributed by atoms with Crippen LogP contribution in [0.15, 0.2) is 36.0 Å². The van der Waals surface area contributed by atoms with Gasteiger partial charge in [-0.15, -0.1) is 11.3 Å². The van der Waals surface area contributed by atoms with Crippen LogP contribution in [0, 0.1) is 5.41 Å². The van der Waals surface area contributed by atoms with Gasteiger partial charge in [-0.25, -0.2) is 0 Å². The van der Waals surface area contributed by atoms with Crippen LogP contribution in [0.1, 0.15) is 39.2 Å². The maximum absolute atomic E-state index is 12.7. The third-order valence-corrected chi connectivity index (χ3v) is 6.00. The van der Waals surface area contributed by atoms with Gasteiger partial charge in [0.25, 0.3) is 0 Å². The average molecular weight is 401 g/mol. The zero-order valence-corrected chi connectivity index (χ0v) is 17.5. The Morgan fingerprint density at radius 1 is 1.32 bits per heavy atom. The van der Waals surface area contributed by atoms with Gasteiger partial charge >= 0.3 is 0 Å². The fourth-order valence-electron chi connectivity index (χ4n) is 3.30. The second-order valence-corrected chi connectivity index (χ2v) is 9.20. The molecule has 1 aromatic carbocycles. The minimum atomic E-state index is -0.611. The molecule has 150 valence electrons. The van der Waals surface area contributed by atoms with Gasteiger partial charge in [0.05, 0.1) is 16.4 Å². The summed E-state index contributed by atoms with van der Waals surface area (Å²) >= 11 is 1.60. The molecule has 0 radical (unpaired) electrons. The molecule has 3 rings (SSSR count). The predicted octanol–water partition coefficient (Wildman–Crippen LogP) is 2.79. The van der Waals surface area contributed by atoms with Crippen LogP contribution < -0.4 is 11.1 Å². The topological polar surface area (TPSA) is 88.3 Å². The Balaban J connectivity index is 1.59. The number of amides is 2. The van der Waals surface area contributed by atoms with Crippen LogP contribution >= 0.6 is 11.3 Å². The molecule has 0 bridgehead atoms. The van der Waals surface area contributed by atoms with Crippen molar-refractivity contribution in [3.8, 4) is 10.4 Å². The Labute approximate surface area is 170 Å². The number of thiazole rings is 1. The summed E-state index contributed by atoms with van der Waals surface area (Å²) in [6, 6.07) is 7.02. The molecular formula is C21H28N4O2S. The van der Waals surface area contributed by atoms with E-state index in [0.717, 1.165) is 22.4 Å². The monoisotopic (exact) mass is 400 g/mol. The van der Waals surface area contributed by atoms with Crippen molar-refractivity contribution < 1.29 is 9.59 Å². The molecule has 2 aromatic rings. The normalized spacial score (nSPS) is 18.1. The van der Waals surface area contributed by atoms with Crippen molar-refractivity contribution in [3.05, 3.63) is 41.5 Å². The maximum atomic E-state index is 12.7. The third-order valence-electron chi connectivity index (χ3n) is 5.18. The quantitative estimate of drug-likeness (QED) is 0.808. The lowest BCUT2D eigenvalue weighted by molar-refractivity contribution is -0.141. The van der Waals surface area contributed by atoms with Gasteiger partial charge in [-0.2, -0.15) is 0 Å². The first-order chi connectivity index (χ1) is 13.3. The zero-order chi connectivity index (χ0) is 20.3. The molecule has 1 aliphatic rings. The van der Waals surface area contributed by atoms with Gasteiger partial charge in [0.15, 0.2) is 0 Å². The second kappa shape index (κ2) is 8.41. The first-order valence-electron chi connectivity index (χ1n) is 9.59. The van der Waals surface area contributed by atoms with Gasteiger partial charge in [-0.05, 0) is 29.4 Å². The van der Waals surface area contributed by atoms with Crippen molar-refractivity contribution >= 4 is 23.2 Å². The molecule has 2 atom stereocenters. The van der Waals surface area contributed by atoms with Crippen molar-refractivity contribution in [2.45, 2.75) is 52.2 Å². The summed E-state index contributed by atoms with van der Waals surface area (Å²) in [6.45, 7) is 6.85. The zero-order valence-electron chi connectivity index (χ0n) is 16.6. The summed E-state index contributed by atoms with van der Waals surface area (Å²) in [5, 5.41) is 2.97. The molecule has 1 aromatic heterocycles. The summed E-state index contributed by atoms with van der Waals surface area (Å²) in [7, 11) is 0. The molecule has 1 fully saturated rings. The SMILES string of the molecule is CC(C)(C)C(N)C(=O)N1CCCC1C(=O)NCc1ccc(-c2cncs2)cc1. The van der Waals surface area contributed by atoms with Crippen molar-refractivity contribution in [1.82, 2.24) is 15.2 Å². The lowest BCUT2D eigenvalue weighted by Crippen LogP contribution is -2.54. The van der Waals surface area contributed by atoms with Gasteiger partial charge in [-0.1, -0.05) is 45.0 Å². The van der Waals surface area contributed by atoms with E-state index in [2.05, 4.69) is 10.3 Å². The summed E-state index contributed by atoms with van der Waals surface area (Å²) in [4.78, 5) is 32.3. The molecule has 6 nitrogen and oxygen atoms in total. The minimum Gasteiger partial charge on any atom is -0.350 e. The number of carbonyl (C=O) groups excluding carboxylic acids is 2. The number of nitrogens with zero attached hydrogens (tertiary/aromatic N) is 2. The van der Waals surface area contributed by atoms with Crippen molar-refractivity contribution in [2.75, 3.05) is 6.54 Å². The second-order valence-electron chi connectivity index (χ2n) is 8.31. The van der Waals surface area contributed by atoms with Gasteiger partial charge in [-0.3, -0.25) is 14.6 Å². The number of nitrogens with one attached hydrogen (secondary N) is 1. The molecule has 2 unspecified atom stereocenters. The van der Waals surface area contributed by atoms with E-state index in [-0.39, 0.29) is 17.2 Å². The number of nitrogens with two attached hydrogens (primary N) is 1.